The minimum atomic E-state index is -0.273. The summed E-state index contributed by atoms with van der Waals surface area (Å²) in [5.41, 5.74) is 1.61. The van der Waals surface area contributed by atoms with Crippen molar-refractivity contribution < 1.29 is 13.9 Å². The van der Waals surface area contributed by atoms with Crippen molar-refractivity contribution >= 4 is 16.9 Å². The molecule has 1 aliphatic rings. The third-order valence-electron chi connectivity index (χ3n) is 4.67. The van der Waals surface area contributed by atoms with Gasteiger partial charge in [0.05, 0.1) is 13.2 Å². The number of nitrogens with zero attached hydrogens (tertiary/aromatic N) is 4. The Bertz CT molecular complexity index is 914. The summed E-state index contributed by atoms with van der Waals surface area (Å²) >= 11 is 0. The highest BCUT2D eigenvalue weighted by Crippen LogP contribution is 2.28. The lowest BCUT2D eigenvalue weighted by atomic mass is 10.1. The summed E-state index contributed by atoms with van der Waals surface area (Å²) in [6.07, 6.45) is 1.41. The van der Waals surface area contributed by atoms with Gasteiger partial charge in [-0.1, -0.05) is 18.2 Å². The van der Waals surface area contributed by atoms with Crippen molar-refractivity contribution in [1.29, 1.82) is 0 Å². The number of hydrogen-bond acceptors (Lipinski definition) is 5. The first-order chi connectivity index (χ1) is 12.2. The molecule has 1 saturated heterocycles. The van der Waals surface area contributed by atoms with Gasteiger partial charge in [-0.3, -0.25) is 4.79 Å². The van der Waals surface area contributed by atoms with Crippen molar-refractivity contribution in [3.63, 3.8) is 0 Å². The molecule has 1 aliphatic heterocycles. The van der Waals surface area contributed by atoms with Crippen molar-refractivity contribution in [3.8, 4) is 0 Å². The maximum atomic E-state index is 13.0. The van der Waals surface area contributed by atoms with Gasteiger partial charge in [0.1, 0.15) is 18.0 Å². The highest BCUT2D eigenvalue weighted by atomic mass is 16.5. The number of furan rings is 1. The summed E-state index contributed by atoms with van der Waals surface area (Å²) in [6, 6.07) is 7.70. The number of hydrogen-bond donors (Lipinski definition) is 0. The second kappa shape index (κ2) is 6.33. The minimum Gasteiger partial charge on any atom is -0.451 e. The maximum Gasteiger partial charge on any atom is 0.290 e. The summed E-state index contributed by atoms with van der Waals surface area (Å²) in [4.78, 5) is 14.8. The predicted molar refractivity (Wildman–Crippen MR) is 91.2 cm³/mol. The van der Waals surface area contributed by atoms with Crippen molar-refractivity contribution in [2.75, 3.05) is 19.7 Å². The van der Waals surface area contributed by atoms with E-state index < -0.39 is 0 Å². The highest BCUT2D eigenvalue weighted by Gasteiger charge is 2.31. The van der Waals surface area contributed by atoms with E-state index >= 15 is 0 Å². The molecule has 0 bridgehead atoms. The molecule has 3 aromatic rings. The molecular formula is C18H20N4O3. The van der Waals surface area contributed by atoms with Crippen LogP contribution in [-0.2, 0) is 11.3 Å². The van der Waals surface area contributed by atoms with Gasteiger partial charge in [-0.05, 0) is 19.9 Å². The molecule has 0 radical (unpaired) electrons. The van der Waals surface area contributed by atoms with Crippen molar-refractivity contribution in [1.82, 2.24) is 19.7 Å². The fourth-order valence-corrected chi connectivity index (χ4v) is 3.27. The van der Waals surface area contributed by atoms with Gasteiger partial charge in [-0.25, -0.2) is 0 Å². The van der Waals surface area contributed by atoms with E-state index in [2.05, 4.69) is 10.2 Å². The van der Waals surface area contributed by atoms with Gasteiger partial charge in [0.15, 0.2) is 11.6 Å². The molecule has 3 heterocycles. The lowest BCUT2D eigenvalue weighted by molar-refractivity contribution is -0.0292. The first-order valence-electron chi connectivity index (χ1n) is 8.45. The number of para-hydroxylation sites is 1. The fourth-order valence-electron chi connectivity index (χ4n) is 3.27. The van der Waals surface area contributed by atoms with Gasteiger partial charge in [0.2, 0.25) is 0 Å². The van der Waals surface area contributed by atoms with E-state index in [1.165, 1.54) is 0 Å². The van der Waals surface area contributed by atoms with Gasteiger partial charge in [-0.15, -0.1) is 10.2 Å². The van der Waals surface area contributed by atoms with Crippen LogP contribution in [0, 0.1) is 6.92 Å². The zero-order valence-corrected chi connectivity index (χ0v) is 14.3. The molecule has 2 aromatic heterocycles. The molecule has 130 valence electrons. The SMILES string of the molecule is CCn1cnnc1C1CN(C(=O)c2oc3ccccc3c2C)CCO1. The third kappa shape index (κ3) is 2.70. The van der Waals surface area contributed by atoms with Gasteiger partial charge in [-0.2, -0.15) is 0 Å². The van der Waals surface area contributed by atoms with Gasteiger partial charge in [0, 0.05) is 24.0 Å². The Morgan fingerprint density at radius 2 is 2.20 bits per heavy atom. The lowest BCUT2D eigenvalue weighted by Gasteiger charge is -2.32. The average molecular weight is 340 g/mol. The van der Waals surface area contributed by atoms with Crippen LogP contribution in [0.1, 0.15) is 35.0 Å². The van der Waals surface area contributed by atoms with Gasteiger partial charge >= 0.3 is 0 Å². The highest BCUT2D eigenvalue weighted by molar-refractivity contribution is 5.98. The number of carbonyl (C=O) groups excluding carboxylic acids is 1. The summed E-state index contributed by atoms with van der Waals surface area (Å²) in [6.45, 7) is 6.15. The molecule has 1 unspecified atom stereocenters. The number of benzene rings is 1. The van der Waals surface area contributed by atoms with E-state index in [-0.39, 0.29) is 12.0 Å². The number of morpholine rings is 1. The summed E-state index contributed by atoms with van der Waals surface area (Å²) in [5.74, 6) is 1.05. The van der Waals surface area contributed by atoms with E-state index in [1.54, 1.807) is 11.2 Å². The molecule has 1 fully saturated rings. The van der Waals surface area contributed by atoms with Crippen LogP contribution in [0.2, 0.25) is 0 Å². The number of aryl methyl sites for hydroxylation is 2. The number of fused-ring (bicyclic) bond motifs is 1. The Kier molecular flexibility index (Phi) is 4.01. The smallest absolute Gasteiger partial charge is 0.290 e. The number of carbonyl (C=O) groups is 1. The van der Waals surface area contributed by atoms with E-state index in [4.69, 9.17) is 9.15 Å². The molecule has 0 spiro atoms. The molecule has 7 heteroatoms. The van der Waals surface area contributed by atoms with Crippen LogP contribution < -0.4 is 0 Å². The molecule has 0 saturated carbocycles. The number of ether oxygens (including phenoxy) is 1. The van der Waals surface area contributed by atoms with Crippen molar-refractivity contribution in [3.05, 3.63) is 47.7 Å². The molecule has 7 nitrogen and oxygen atoms in total. The topological polar surface area (TPSA) is 73.4 Å². The van der Waals surface area contributed by atoms with E-state index in [0.717, 1.165) is 28.9 Å². The first kappa shape index (κ1) is 15.8. The molecule has 0 aliphatic carbocycles. The number of amides is 1. The number of aromatic nitrogens is 3. The second-order valence-electron chi connectivity index (χ2n) is 6.14. The zero-order valence-electron chi connectivity index (χ0n) is 14.3. The Labute approximate surface area is 145 Å². The third-order valence-corrected chi connectivity index (χ3v) is 4.67. The molecular weight excluding hydrogens is 320 g/mol. The van der Waals surface area contributed by atoms with Crippen LogP contribution in [0.5, 0.6) is 0 Å². The second-order valence-corrected chi connectivity index (χ2v) is 6.14. The Morgan fingerprint density at radius 3 is 3.00 bits per heavy atom. The molecule has 0 N–H and O–H groups in total. The molecule has 1 atom stereocenters. The van der Waals surface area contributed by atoms with E-state index in [1.807, 2.05) is 42.7 Å². The van der Waals surface area contributed by atoms with Crippen LogP contribution in [0.4, 0.5) is 0 Å². The quantitative estimate of drug-likeness (QED) is 0.733. The van der Waals surface area contributed by atoms with Crippen LogP contribution in [0.25, 0.3) is 11.0 Å². The van der Waals surface area contributed by atoms with Crippen molar-refractivity contribution in [2.45, 2.75) is 26.5 Å². The lowest BCUT2D eigenvalue weighted by Crippen LogP contribution is -2.43. The molecule has 1 amide bonds. The Hall–Kier alpha value is -2.67. The normalized spacial score (nSPS) is 18.0. The molecule has 25 heavy (non-hydrogen) atoms. The average Bonchev–Trinajstić information content (AvgIpc) is 3.26. The fraction of sp³-hybridized carbons (Fsp3) is 0.389. The Morgan fingerprint density at radius 1 is 1.36 bits per heavy atom. The minimum absolute atomic E-state index is 0.107. The molecule has 4 rings (SSSR count). The van der Waals surface area contributed by atoms with E-state index in [9.17, 15) is 4.79 Å². The largest absolute Gasteiger partial charge is 0.451 e. The summed E-state index contributed by atoms with van der Waals surface area (Å²) < 4.78 is 13.6. The summed E-state index contributed by atoms with van der Waals surface area (Å²) in [5, 5.41) is 9.08. The zero-order chi connectivity index (χ0) is 17.4. The Balaban J connectivity index is 1.60. The van der Waals surface area contributed by atoms with Gasteiger partial charge < -0.3 is 18.6 Å². The van der Waals surface area contributed by atoms with Crippen LogP contribution in [-0.4, -0.2) is 45.3 Å². The molecule has 1 aromatic carbocycles. The van der Waals surface area contributed by atoms with Crippen LogP contribution >= 0.6 is 0 Å². The monoisotopic (exact) mass is 340 g/mol. The standard InChI is InChI=1S/C18H20N4O3/c1-3-21-11-19-20-17(21)15-10-22(8-9-24-15)18(23)16-12(2)13-6-4-5-7-14(13)25-16/h4-7,11,15H,3,8-10H2,1-2H3. The van der Waals surface area contributed by atoms with Crippen molar-refractivity contribution in [2.24, 2.45) is 0 Å². The van der Waals surface area contributed by atoms with Gasteiger partial charge in [0.25, 0.3) is 5.91 Å². The maximum absolute atomic E-state index is 13.0. The van der Waals surface area contributed by atoms with Crippen LogP contribution in [0.15, 0.2) is 35.0 Å². The summed E-state index contributed by atoms with van der Waals surface area (Å²) in [7, 11) is 0. The van der Waals surface area contributed by atoms with E-state index in [0.29, 0.717) is 25.5 Å². The van der Waals surface area contributed by atoms with Crippen LogP contribution in [0.3, 0.4) is 0 Å². The number of rotatable bonds is 3. The first-order valence-corrected chi connectivity index (χ1v) is 8.45. The predicted octanol–water partition coefficient (Wildman–Crippen LogP) is 2.57.